The summed E-state index contributed by atoms with van der Waals surface area (Å²) in [7, 11) is 3.35. The molecule has 1 aromatic carbocycles. The Morgan fingerprint density at radius 3 is 2.39 bits per heavy atom. The third-order valence-corrected chi connectivity index (χ3v) is 3.92. The molecule has 0 atom stereocenters. The highest BCUT2D eigenvalue weighted by molar-refractivity contribution is 5.76. The van der Waals surface area contributed by atoms with Gasteiger partial charge in [0.1, 0.15) is 5.82 Å². The number of benzene rings is 1. The summed E-state index contributed by atoms with van der Waals surface area (Å²) in [6.07, 6.45) is 5.26. The van der Waals surface area contributed by atoms with E-state index in [1.54, 1.807) is 18.7 Å². The zero-order chi connectivity index (χ0) is 16.7. The summed E-state index contributed by atoms with van der Waals surface area (Å²) in [4.78, 5) is 29.4. The number of nitrogens with zero attached hydrogens (tertiary/aromatic N) is 4. The van der Waals surface area contributed by atoms with E-state index in [1.807, 2.05) is 31.2 Å². The van der Waals surface area contributed by atoms with Gasteiger partial charge in [0.15, 0.2) is 11.2 Å². The molecule has 6 nitrogen and oxygen atoms in total. The molecule has 0 aliphatic rings. The molecule has 0 aliphatic heterocycles. The van der Waals surface area contributed by atoms with Crippen LogP contribution in [0.2, 0.25) is 0 Å². The number of aryl methyl sites for hydroxylation is 3. The molecule has 2 heterocycles. The van der Waals surface area contributed by atoms with Crippen molar-refractivity contribution in [2.45, 2.75) is 13.5 Å². The molecule has 6 heteroatoms. The lowest BCUT2D eigenvalue weighted by Crippen LogP contribution is -2.39. The maximum Gasteiger partial charge on any atom is 0.333 e. The van der Waals surface area contributed by atoms with Crippen LogP contribution in [0.5, 0.6) is 0 Å². The Morgan fingerprint density at radius 2 is 1.78 bits per heavy atom. The van der Waals surface area contributed by atoms with Gasteiger partial charge in [-0.3, -0.25) is 9.36 Å². The van der Waals surface area contributed by atoms with E-state index >= 15 is 0 Å². The third-order valence-electron chi connectivity index (χ3n) is 3.92. The molecule has 23 heavy (non-hydrogen) atoms. The van der Waals surface area contributed by atoms with E-state index in [0.717, 1.165) is 15.7 Å². The van der Waals surface area contributed by atoms with Crippen molar-refractivity contribution in [2.24, 2.45) is 14.1 Å². The number of hydrogen-bond donors (Lipinski definition) is 0. The summed E-state index contributed by atoms with van der Waals surface area (Å²) < 4.78 is 4.10. The van der Waals surface area contributed by atoms with Gasteiger partial charge in [0.2, 0.25) is 0 Å². The van der Waals surface area contributed by atoms with Gasteiger partial charge in [0, 0.05) is 19.7 Å². The Kier molecular flexibility index (Phi) is 3.41. The van der Waals surface area contributed by atoms with Gasteiger partial charge in [-0.15, -0.1) is 6.42 Å². The minimum atomic E-state index is -0.464. The molecule has 0 radical (unpaired) electrons. The van der Waals surface area contributed by atoms with Crippen LogP contribution in [0.15, 0.2) is 33.9 Å². The number of terminal acetylenes is 1. The number of aromatic nitrogens is 4. The number of rotatable bonds is 2. The van der Waals surface area contributed by atoms with Crippen molar-refractivity contribution in [1.82, 2.24) is 18.7 Å². The highest BCUT2D eigenvalue weighted by atomic mass is 16.2. The van der Waals surface area contributed by atoms with Crippen LogP contribution in [-0.2, 0) is 20.6 Å². The van der Waals surface area contributed by atoms with Gasteiger partial charge in [0.05, 0.1) is 6.54 Å². The first-order valence-corrected chi connectivity index (χ1v) is 7.12. The number of fused-ring (bicyclic) bond motifs is 1. The smallest absolute Gasteiger partial charge is 0.321 e. The first-order chi connectivity index (χ1) is 11.0. The first kappa shape index (κ1) is 14.9. The standard InChI is InChI=1S/C17H16N4O2/c1-5-10-21-16(22)13-15(20(4)17(21)23)18-14(19(13)3)12-8-6-11(2)7-9-12/h1,6-9H,10H2,2-4H3. The lowest BCUT2D eigenvalue weighted by Gasteiger charge is -2.05. The van der Waals surface area contributed by atoms with Crippen molar-refractivity contribution in [2.75, 3.05) is 0 Å². The van der Waals surface area contributed by atoms with Gasteiger partial charge >= 0.3 is 5.69 Å². The Hall–Kier alpha value is -3.07. The molecule has 0 unspecified atom stereocenters. The maximum absolute atomic E-state index is 12.6. The average molecular weight is 308 g/mol. The van der Waals surface area contributed by atoms with Gasteiger partial charge in [-0.05, 0) is 6.92 Å². The molecule has 0 saturated heterocycles. The van der Waals surface area contributed by atoms with E-state index in [0.29, 0.717) is 17.0 Å². The highest BCUT2D eigenvalue weighted by Crippen LogP contribution is 2.21. The van der Waals surface area contributed by atoms with Crippen LogP contribution in [-0.4, -0.2) is 18.7 Å². The molecule has 0 saturated carbocycles. The Bertz CT molecular complexity index is 1060. The second-order valence-corrected chi connectivity index (χ2v) is 5.47. The topological polar surface area (TPSA) is 61.8 Å². The number of hydrogen-bond acceptors (Lipinski definition) is 3. The van der Waals surface area contributed by atoms with Crippen LogP contribution in [0.1, 0.15) is 5.56 Å². The number of imidazole rings is 1. The molecular formula is C17H16N4O2. The van der Waals surface area contributed by atoms with E-state index in [1.165, 1.54) is 4.57 Å². The fourth-order valence-corrected chi connectivity index (χ4v) is 2.64. The van der Waals surface area contributed by atoms with Crippen molar-refractivity contribution >= 4 is 11.2 Å². The quantitative estimate of drug-likeness (QED) is 0.665. The summed E-state index contributed by atoms with van der Waals surface area (Å²) in [5.74, 6) is 2.97. The summed E-state index contributed by atoms with van der Waals surface area (Å²) in [6.45, 7) is 1.94. The van der Waals surface area contributed by atoms with Crippen molar-refractivity contribution in [3.63, 3.8) is 0 Å². The predicted molar refractivity (Wildman–Crippen MR) is 89.2 cm³/mol. The van der Waals surface area contributed by atoms with Crippen LogP contribution in [0.25, 0.3) is 22.6 Å². The largest absolute Gasteiger partial charge is 0.333 e. The lowest BCUT2D eigenvalue weighted by atomic mass is 10.1. The third kappa shape index (κ3) is 2.18. The van der Waals surface area contributed by atoms with Crippen LogP contribution >= 0.6 is 0 Å². The first-order valence-electron chi connectivity index (χ1n) is 7.12. The molecule has 0 N–H and O–H groups in total. The SMILES string of the molecule is C#CCn1c(=O)c2c(nc(-c3ccc(C)cc3)n2C)n(C)c1=O. The van der Waals surface area contributed by atoms with E-state index in [2.05, 4.69) is 10.9 Å². The molecule has 0 aliphatic carbocycles. The van der Waals surface area contributed by atoms with Crippen LogP contribution in [0.4, 0.5) is 0 Å². The Balaban J connectivity index is 2.40. The van der Waals surface area contributed by atoms with Gasteiger partial charge in [-0.1, -0.05) is 35.7 Å². The van der Waals surface area contributed by atoms with Crippen molar-refractivity contribution in [3.8, 4) is 23.7 Å². The molecule has 0 fully saturated rings. The van der Waals surface area contributed by atoms with Gasteiger partial charge < -0.3 is 4.57 Å². The van der Waals surface area contributed by atoms with Crippen molar-refractivity contribution < 1.29 is 0 Å². The summed E-state index contributed by atoms with van der Waals surface area (Å²) in [5, 5.41) is 0. The summed E-state index contributed by atoms with van der Waals surface area (Å²) in [5.41, 5.74) is 1.84. The maximum atomic E-state index is 12.6. The molecule has 2 aromatic heterocycles. The van der Waals surface area contributed by atoms with Crippen LogP contribution in [0, 0.1) is 19.3 Å². The molecule has 116 valence electrons. The van der Waals surface area contributed by atoms with Crippen LogP contribution in [0.3, 0.4) is 0 Å². The summed E-state index contributed by atoms with van der Waals surface area (Å²) in [6, 6.07) is 7.83. The van der Waals surface area contributed by atoms with Gasteiger partial charge in [-0.2, -0.15) is 0 Å². The van der Waals surface area contributed by atoms with Gasteiger partial charge in [0.25, 0.3) is 5.56 Å². The second-order valence-electron chi connectivity index (χ2n) is 5.47. The normalized spacial score (nSPS) is 10.9. The Labute approximate surface area is 132 Å². The molecule has 0 spiro atoms. The minimum Gasteiger partial charge on any atom is -0.321 e. The second kappa shape index (κ2) is 5.29. The zero-order valence-corrected chi connectivity index (χ0v) is 13.2. The van der Waals surface area contributed by atoms with Crippen LogP contribution < -0.4 is 11.2 Å². The summed E-state index contributed by atoms with van der Waals surface area (Å²) >= 11 is 0. The monoisotopic (exact) mass is 308 g/mol. The zero-order valence-electron chi connectivity index (χ0n) is 13.2. The fraction of sp³-hybridized carbons (Fsp3) is 0.235. The minimum absolute atomic E-state index is 0.0630. The average Bonchev–Trinajstić information content (AvgIpc) is 2.88. The predicted octanol–water partition coefficient (Wildman–Crippen LogP) is 1.04. The Morgan fingerprint density at radius 1 is 1.13 bits per heavy atom. The highest BCUT2D eigenvalue weighted by Gasteiger charge is 2.18. The van der Waals surface area contributed by atoms with E-state index < -0.39 is 11.2 Å². The van der Waals surface area contributed by atoms with Crippen molar-refractivity contribution in [3.05, 3.63) is 50.7 Å². The van der Waals surface area contributed by atoms with E-state index in [4.69, 9.17) is 6.42 Å². The lowest BCUT2D eigenvalue weighted by molar-refractivity contribution is 0.674. The molecular weight excluding hydrogens is 292 g/mol. The van der Waals surface area contributed by atoms with Gasteiger partial charge in [-0.25, -0.2) is 14.3 Å². The van der Waals surface area contributed by atoms with Crippen molar-refractivity contribution in [1.29, 1.82) is 0 Å². The fourth-order valence-electron chi connectivity index (χ4n) is 2.64. The molecule has 0 amide bonds. The molecule has 0 bridgehead atoms. The molecule has 3 aromatic rings. The molecule has 3 rings (SSSR count). The van der Waals surface area contributed by atoms with E-state index in [9.17, 15) is 9.59 Å². The van der Waals surface area contributed by atoms with E-state index in [-0.39, 0.29) is 6.54 Å².